The molecule has 0 unspecified atom stereocenters. The summed E-state index contributed by atoms with van der Waals surface area (Å²) in [6.45, 7) is 0.994. The highest BCUT2D eigenvalue weighted by molar-refractivity contribution is 5.91. The Morgan fingerprint density at radius 2 is 1.59 bits per heavy atom. The number of hydrazine groups is 1. The average molecular weight is 364 g/mol. The summed E-state index contributed by atoms with van der Waals surface area (Å²) >= 11 is 0. The van der Waals surface area contributed by atoms with Gasteiger partial charge < -0.3 is 9.47 Å². The van der Waals surface area contributed by atoms with Crippen LogP contribution in [0.4, 0.5) is 0 Å². The maximum atomic E-state index is 12.0. The first-order valence-corrected chi connectivity index (χ1v) is 8.39. The fourth-order valence-electron chi connectivity index (χ4n) is 2.48. The minimum atomic E-state index is -0.548. The van der Waals surface area contributed by atoms with Gasteiger partial charge in [0.2, 0.25) is 5.82 Å². The number of methoxy groups -OCH3 is 1. The number of nitrogens with one attached hydrogen (secondary N) is 1. The highest BCUT2D eigenvalue weighted by Gasteiger charge is 2.13. The molecule has 0 spiro atoms. The van der Waals surface area contributed by atoms with Crippen LogP contribution in [0, 0.1) is 0 Å². The summed E-state index contributed by atoms with van der Waals surface area (Å²) in [4.78, 5) is 20.7. The monoisotopic (exact) mass is 364 g/mol. The molecule has 0 atom stereocenters. The SMILES string of the molecule is COCCOc1ccc(-c2cc(-c3ccccc3)nc(C(=O)NN)n2)cc1. The first-order valence-electron chi connectivity index (χ1n) is 8.39. The minimum absolute atomic E-state index is 0.00859. The number of nitrogens with zero attached hydrogens (tertiary/aromatic N) is 2. The van der Waals surface area contributed by atoms with E-state index in [0.29, 0.717) is 24.6 Å². The van der Waals surface area contributed by atoms with Crippen LogP contribution in [0.3, 0.4) is 0 Å². The Kier molecular flexibility index (Phi) is 6.09. The smallest absolute Gasteiger partial charge is 0.302 e. The molecule has 3 aromatic rings. The van der Waals surface area contributed by atoms with Gasteiger partial charge in [-0.25, -0.2) is 15.8 Å². The molecule has 0 bridgehead atoms. The third kappa shape index (κ3) is 4.66. The van der Waals surface area contributed by atoms with Crippen molar-refractivity contribution < 1.29 is 14.3 Å². The summed E-state index contributed by atoms with van der Waals surface area (Å²) in [5.74, 6) is 5.44. The van der Waals surface area contributed by atoms with E-state index in [0.717, 1.165) is 16.9 Å². The van der Waals surface area contributed by atoms with Gasteiger partial charge in [-0.2, -0.15) is 0 Å². The molecule has 1 aromatic heterocycles. The predicted molar refractivity (Wildman–Crippen MR) is 102 cm³/mol. The first-order chi connectivity index (χ1) is 13.2. The highest BCUT2D eigenvalue weighted by Crippen LogP contribution is 2.25. The molecule has 7 heteroatoms. The lowest BCUT2D eigenvalue weighted by Crippen LogP contribution is -2.31. The Bertz CT molecular complexity index is 899. The first kappa shape index (κ1) is 18.5. The van der Waals surface area contributed by atoms with E-state index in [9.17, 15) is 4.79 Å². The van der Waals surface area contributed by atoms with Gasteiger partial charge in [-0.15, -0.1) is 0 Å². The molecule has 0 fully saturated rings. The summed E-state index contributed by atoms with van der Waals surface area (Å²) in [6.07, 6.45) is 0. The lowest BCUT2D eigenvalue weighted by atomic mass is 10.1. The van der Waals surface area contributed by atoms with Crippen molar-refractivity contribution in [3.8, 4) is 28.3 Å². The number of hydrogen-bond acceptors (Lipinski definition) is 6. The number of amides is 1. The van der Waals surface area contributed by atoms with Crippen LogP contribution in [-0.4, -0.2) is 36.2 Å². The number of ether oxygens (including phenoxy) is 2. The van der Waals surface area contributed by atoms with Crippen molar-refractivity contribution >= 4 is 5.91 Å². The number of nitrogen functional groups attached to an aromatic ring is 1. The molecule has 2 aromatic carbocycles. The van der Waals surface area contributed by atoms with Gasteiger partial charge in [0, 0.05) is 18.2 Å². The summed E-state index contributed by atoms with van der Waals surface area (Å²) < 4.78 is 10.5. The Balaban J connectivity index is 1.95. The predicted octanol–water partition coefficient (Wildman–Crippen LogP) is 2.44. The Morgan fingerprint density at radius 3 is 2.19 bits per heavy atom. The van der Waals surface area contributed by atoms with Gasteiger partial charge in [0.25, 0.3) is 0 Å². The van der Waals surface area contributed by atoms with E-state index in [2.05, 4.69) is 15.4 Å². The second-order valence-electron chi connectivity index (χ2n) is 5.67. The Labute approximate surface area is 157 Å². The van der Waals surface area contributed by atoms with Crippen LogP contribution in [0.5, 0.6) is 5.75 Å². The van der Waals surface area contributed by atoms with E-state index >= 15 is 0 Å². The second kappa shape index (κ2) is 8.88. The van der Waals surface area contributed by atoms with Crippen molar-refractivity contribution in [2.24, 2.45) is 5.84 Å². The minimum Gasteiger partial charge on any atom is -0.491 e. The zero-order valence-electron chi connectivity index (χ0n) is 14.9. The van der Waals surface area contributed by atoms with Crippen LogP contribution in [-0.2, 0) is 4.74 Å². The van der Waals surface area contributed by atoms with Gasteiger partial charge >= 0.3 is 5.91 Å². The highest BCUT2D eigenvalue weighted by atomic mass is 16.5. The van der Waals surface area contributed by atoms with E-state index in [-0.39, 0.29) is 5.82 Å². The van der Waals surface area contributed by atoms with Crippen LogP contribution in [0.2, 0.25) is 0 Å². The number of aromatic nitrogens is 2. The molecule has 27 heavy (non-hydrogen) atoms. The van der Waals surface area contributed by atoms with Crippen LogP contribution in [0.1, 0.15) is 10.6 Å². The number of nitrogens with two attached hydrogens (primary N) is 1. The van der Waals surface area contributed by atoms with E-state index in [1.807, 2.05) is 60.7 Å². The fourth-order valence-corrected chi connectivity index (χ4v) is 2.48. The van der Waals surface area contributed by atoms with Crippen LogP contribution in [0.25, 0.3) is 22.5 Å². The average Bonchev–Trinajstić information content (AvgIpc) is 2.74. The summed E-state index contributed by atoms with van der Waals surface area (Å²) in [5.41, 5.74) is 5.05. The molecule has 138 valence electrons. The lowest BCUT2D eigenvalue weighted by Gasteiger charge is -2.09. The van der Waals surface area contributed by atoms with Gasteiger partial charge in [-0.1, -0.05) is 30.3 Å². The molecule has 7 nitrogen and oxygen atoms in total. The van der Waals surface area contributed by atoms with E-state index in [4.69, 9.17) is 15.3 Å². The van der Waals surface area contributed by atoms with Gasteiger partial charge in [0.05, 0.1) is 18.0 Å². The summed E-state index contributed by atoms with van der Waals surface area (Å²) in [5, 5.41) is 0. The van der Waals surface area contributed by atoms with Crippen LogP contribution < -0.4 is 16.0 Å². The van der Waals surface area contributed by atoms with Gasteiger partial charge in [0.1, 0.15) is 12.4 Å². The van der Waals surface area contributed by atoms with Crippen LogP contribution in [0.15, 0.2) is 60.7 Å². The van der Waals surface area contributed by atoms with Crippen molar-refractivity contribution in [2.75, 3.05) is 20.3 Å². The largest absolute Gasteiger partial charge is 0.491 e. The molecular formula is C20H20N4O3. The molecule has 0 saturated carbocycles. The van der Waals surface area contributed by atoms with E-state index < -0.39 is 5.91 Å². The zero-order chi connectivity index (χ0) is 19.1. The van der Waals surface area contributed by atoms with Gasteiger partial charge in [0.15, 0.2) is 0 Å². The van der Waals surface area contributed by atoms with Gasteiger partial charge in [-0.05, 0) is 30.3 Å². The zero-order valence-corrected chi connectivity index (χ0v) is 14.9. The summed E-state index contributed by atoms with van der Waals surface area (Å²) in [7, 11) is 1.63. The maximum absolute atomic E-state index is 12.0. The molecule has 0 radical (unpaired) electrons. The van der Waals surface area contributed by atoms with Gasteiger partial charge in [-0.3, -0.25) is 10.2 Å². The summed E-state index contributed by atoms with van der Waals surface area (Å²) in [6, 6.07) is 18.9. The number of carbonyl (C=O) groups excluding carboxylic acids is 1. The lowest BCUT2D eigenvalue weighted by molar-refractivity contribution is 0.0943. The quantitative estimate of drug-likeness (QED) is 0.289. The normalized spacial score (nSPS) is 10.4. The van der Waals surface area contributed by atoms with Crippen molar-refractivity contribution in [1.82, 2.24) is 15.4 Å². The fraction of sp³-hybridized carbons (Fsp3) is 0.150. The van der Waals surface area contributed by atoms with E-state index in [1.54, 1.807) is 7.11 Å². The molecule has 3 rings (SSSR count). The van der Waals surface area contributed by atoms with Crippen molar-refractivity contribution in [1.29, 1.82) is 0 Å². The van der Waals surface area contributed by atoms with Crippen LogP contribution >= 0.6 is 0 Å². The topological polar surface area (TPSA) is 99.4 Å². The standard InChI is InChI=1S/C20H20N4O3/c1-26-11-12-27-16-9-7-15(8-10-16)18-13-17(14-5-3-2-4-6-14)22-19(23-18)20(25)24-21/h2-10,13H,11-12,21H2,1H3,(H,24,25). The van der Waals surface area contributed by atoms with E-state index in [1.165, 1.54) is 0 Å². The third-order valence-electron chi connectivity index (χ3n) is 3.84. The van der Waals surface area contributed by atoms with Crippen molar-refractivity contribution in [2.45, 2.75) is 0 Å². The molecular weight excluding hydrogens is 344 g/mol. The number of benzene rings is 2. The molecule has 0 aliphatic heterocycles. The number of rotatable bonds is 7. The maximum Gasteiger partial charge on any atom is 0.302 e. The number of carbonyl (C=O) groups is 1. The molecule has 3 N–H and O–H groups in total. The van der Waals surface area contributed by atoms with Crippen molar-refractivity contribution in [3.05, 3.63) is 66.5 Å². The molecule has 1 heterocycles. The Morgan fingerprint density at radius 1 is 0.963 bits per heavy atom. The molecule has 0 saturated heterocycles. The molecule has 0 aliphatic carbocycles. The Hall–Kier alpha value is -3.29. The number of hydrogen-bond donors (Lipinski definition) is 2. The second-order valence-corrected chi connectivity index (χ2v) is 5.67. The van der Waals surface area contributed by atoms with Crippen molar-refractivity contribution in [3.63, 3.8) is 0 Å². The molecule has 1 amide bonds. The molecule has 0 aliphatic rings. The third-order valence-corrected chi connectivity index (χ3v) is 3.84.